The molecule has 1 fully saturated rings. The van der Waals surface area contributed by atoms with Gasteiger partial charge >= 0.3 is 0 Å². The molecule has 1 unspecified atom stereocenters. The van der Waals surface area contributed by atoms with Gasteiger partial charge in [-0.3, -0.25) is 4.79 Å². The van der Waals surface area contributed by atoms with Crippen LogP contribution in [-0.2, 0) is 16.0 Å². The molecule has 26 heavy (non-hydrogen) atoms. The number of hydrogen-bond donors (Lipinski definition) is 0. The van der Waals surface area contributed by atoms with Crippen LogP contribution in [0, 0.1) is 0 Å². The van der Waals surface area contributed by atoms with Gasteiger partial charge in [-0.1, -0.05) is 60.7 Å². The lowest BCUT2D eigenvalue weighted by Gasteiger charge is -2.37. The van der Waals surface area contributed by atoms with E-state index in [9.17, 15) is 4.79 Å². The van der Waals surface area contributed by atoms with Crippen molar-refractivity contribution in [3.63, 3.8) is 0 Å². The zero-order valence-corrected chi connectivity index (χ0v) is 15.1. The summed E-state index contributed by atoms with van der Waals surface area (Å²) in [6.45, 7) is 2.96. The average molecular weight is 348 g/mol. The van der Waals surface area contributed by atoms with Crippen molar-refractivity contribution in [3.05, 3.63) is 71.8 Å². The molecule has 2 aliphatic rings. The molecule has 4 nitrogen and oxygen atoms in total. The minimum Gasteiger partial charge on any atom is -0.477 e. The second-order valence-electron chi connectivity index (χ2n) is 7.14. The number of nitrogens with zero attached hydrogens (tertiary/aromatic N) is 2. The molecule has 2 heterocycles. The van der Waals surface area contributed by atoms with Crippen molar-refractivity contribution in [3.8, 4) is 0 Å². The van der Waals surface area contributed by atoms with E-state index < -0.39 is 5.54 Å². The van der Waals surface area contributed by atoms with Crippen LogP contribution in [0.25, 0.3) is 0 Å². The summed E-state index contributed by atoms with van der Waals surface area (Å²) in [5.74, 6) is 0.816. The summed E-state index contributed by atoms with van der Waals surface area (Å²) in [5.41, 5.74) is 1.90. The van der Waals surface area contributed by atoms with Gasteiger partial charge in [0.15, 0.2) is 0 Å². The molecular weight excluding hydrogens is 324 g/mol. The molecule has 1 saturated heterocycles. The summed E-state index contributed by atoms with van der Waals surface area (Å²) in [6, 6.07) is 20.6. The molecule has 0 bridgehead atoms. The van der Waals surface area contributed by atoms with Crippen molar-refractivity contribution in [2.45, 2.75) is 37.8 Å². The molecule has 134 valence electrons. The van der Waals surface area contributed by atoms with Gasteiger partial charge in [0.2, 0.25) is 11.8 Å². The highest BCUT2D eigenvalue weighted by atomic mass is 16.5. The molecule has 2 aliphatic heterocycles. The Bertz CT molecular complexity index is 803. The fourth-order valence-corrected chi connectivity index (χ4v) is 4.23. The van der Waals surface area contributed by atoms with E-state index in [1.165, 1.54) is 5.56 Å². The van der Waals surface area contributed by atoms with E-state index in [0.29, 0.717) is 6.61 Å². The predicted molar refractivity (Wildman–Crippen MR) is 102 cm³/mol. The van der Waals surface area contributed by atoms with E-state index in [1.54, 1.807) is 6.92 Å². The number of hydrogen-bond acceptors (Lipinski definition) is 3. The van der Waals surface area contributed by atoms with E-state index in [0.717, 1.165) is 37.3 Å². The number of rotatable bonds is 4. The van der Waals surface area contributed by atoms with Gasteiger partial charge < -0.3 is 9.64 Å². The Morgan fingerprint density at radius 1 is 1.15 bits per heavy atom. The zero-order chi connectivity index (χ0) is 18.0. The second kappa shape index (κ2) is 6.94. The fraction of sp³-hybridized carbons (Fsp3) is 0.364. The molecule has 0 saturated carbocycles. The predicted octanol–water partition coefficient (Wildman–Crippen LogP) is 3.78. The van der Waals surface area contributed by atoms with Gasteiger partial charge in [0.25, 0.3) is 0 Å². The van der Waals surface area contributed by atoms with Crippen LogP contribution in [0.15, 0.2) is 65.7 Å². The maximum Gasteiger partial charge on any atom is 0.220 e. The lowest BCUT2D eigenvalue weighted by molar-refractivity contribution is -0.131. The Morgan fingerprint density at radius 3 is 2.54 bits per heavy atom. The number of carbonyl (C=O) groups excluding carboxylic acids is 1. The molecule has 0 radical (unpaired) electrons. The molecule has 2 aromatic rings. The maximum absolute atomic E-state index is 12.4. The third-order valence-electron chi connectivity index (χ3n) is 5.44. The second-order valence-corrected chi connectivity index (χ2v) is 7.14. The molecule has 1 amide bonds. The summed E-state index contributed by atoms with van der Waals surface area (Å²) < 4.78 is 6.12. The Morgan fingerprint density at radius 2 is 1.85 bits per heavy atom. The Balaban J connectivity index is 1.71. The summed E-state index contributed by atoms with van der Waals surface area (Å²) in [4.78, 5) is 19.3. The largest absolute Gasteiger partial charge is 0.477 e. The van der Waals surface area contributed by atoms with Gasteiger partial charge in [-0.15, -0.1) is 0 Å². The highest BCUT2D eigenvalue weighted by molar-refractivity contribution is 5.93. The van der Waals surface area contributed by atoms with Crippen molar-refractivity contribution >= 4 is 11.8 Å². The van der Waals surface area contributed by atoms with Crippen LogP contribution in [-0.4, -0.2) is 35.4 Å². The van der Waals surface area contributed by atoms with Crippen LogP contribution in [0.2, 0.25) is 0 Å². The Hall–Kier alpha value is -2.62. The zero-order valence-electron chi connectivity index (χ0n) is 15.1. The van der Waals surface area contributed by atoms with Gasteiger partial charge in [0.1, 0.15) is 18.2 Å². The van der Waals surface area contributed by atoms with Gasteiger partial charge in [0.05, 0.1) is 0 Å². The first-order valence-corrected chi connectivity index (χ1v) is 9.27. The number of aliphatic imine (C=N–C) groups is 1. The number of likely N-dealkylation sites (tertiary alicyclic amines) is 1. The van der Waals surface area contributed by atoms with Crippen molar-refractivity contribution in [2.75, 3.05) is 13.2 Å². The molecule has 4 rings (SSSR count). The molecule has 0 N–H and O–H groups in total. The van der Waals surface area contributed by atoms with Gasteiger partial charge in [0, 0.05) is 19.9 Å². The van der Waals surface area contributed by atoms with Crippen molar-refractivity contribution < 1.29 is 9.53 Å². The van der Waals surface area contributed by atoms with E-state index >= 15 is 0 Å². The van der Waals surface area contributed by atoms with E-state index in [1.807, 2.05) is 41.3 Å². The number of carbonyl (C=O) groups is 1. The van der Waals surface area contributed by atoms with Gasteiger partial charge in [-0.05, 0) is 24.0 Å². The van der Waals surface area contributed by atoms with Crippen LogP contribution < -0.4 is 0 Å². The van der Waals surface area contributed by atoms with Gasteiger partial charge in [-0.2, -0.15) is 0 Å². The molecular formula is C22H24N2O2. The summed E-state index contributed by atoms with van der Waals surface area (Å²) in [5, 5.41) is 0. The molecule has 0 aromatic heterocycles. The summed E-state index contributed by atoms with van der Waals surface area (Å²) in [6.07, 6.45) is 2.61. The van der Waals surface area contributed by atoms with Crippen LogP contribution in [0.1, 0.15) is 36.9 Å². The molecule has 0 aliphatic carbocycles. The summed E-state index contributed by atoms with van der Waals surface area (Å²) in [7, 11) is 0. The first-order valence-electron chi connectivity index (χ1n) is 9.27. The number of amides is 1. The maximum atomic E-state index is 12.4. The first kappa shape index (κ1) is 16.8. The third-order valence-corrected chi connectivity index (χ3v) is 5.44. The molecule has 4 heteroatoms. The van der Waals surface area contributed by atoms with E-state index in [-0.39, 0.29) is 11.9 Å². The lowest BCUT2D eigenvalue weighted by atomic mass is 9.87. The Labute approximate surface area is 154 Å². The smallest absolute Gasteiger partial charge is 0.220 e. The highest BCUT2D eigenvalue weighted by Gasteiger charge is 2.50. The minimum atomic E-state index is -0.462. The van der Waals surface area contributed by atoms with Crippen LogP contribution in [0.4, 0.5) is 0 Å². The normalized spacial score (nSPS) is 25.0. The fourth-order valence-electron chi connectivity index (χ4n) is 4.23. The van der Waals surface area contributed by atoms with Crippen LogP contribution >= 0.6 is 0 Å². The average Bonchev–Trinajstić information content (AvgIpc) is 3.31. The topological polar surface area (TPSA) is 41.9 Å². The van der Waals surface area contributed by atoms with E-state index in [4.69, 9.17) is 9.73 Å². The minimum absolute atomic E-state index is 0.00764. The van der Waals surface area contributed by atoms with Crippen LogP contribution in [0.3, 0.4) is 0 Å². The van der Waals surface area contributed by atoms with E-state index in [2.05, 4.69) is 24.3 Å². The quantitative estimate of drug-likeness (QED) is 0.844. The first-order chi connectivity index (χ1) is 12.7. The van der Waals surface area contributed by atoms with Gasteiger partial charge in [-0.25, -0.2) is 4.99 Å². The number of ether oxygens (including phenoxy) is 1. The van der Waals surface area contributed by atoms with Crippen molar-refractivity contribution in [1.29, 1.82) is 0 Å². The third kappa shape index (κ3) is 3.00. The SMILES string of the molecule is CC(=O)N1CCCC1(Cc1ccccc1)C1=N[C@H](c2ccccc2)CO1. The molecule has 2 atom stereocenters. The lowest BCUT2D eigenvalue weighted by Crippen LogP contribution is -2.54. The van der Waals surface area contributed by atoms with Crippen LogP contribution in [0.5, 0.6) is 0 Å². The summed E-state index contributed by atoms with van der Waals surface area (Å²) >= 11 is 0. The van der Waals surface area contributed by atoms with Crippen molar-refractivity contribution in [2.24, 2.45) is 4.99 Å². The highest BCUT2D eigenvalue weighted by Crippen LogP contribution is 2.38. The number of benzene rings is 2. The molecule has 2 aromatic carbocycles. The molecule has 0 spiro atoms. The monoisotopic (exact) mass is 348 g/mol. The standard InChI is InChI=1S/C22H24N2O2/c1-17(25)24-14-8-13-22(24,15-18-9-4-2-5-10-18)21-23-20(16-26-21)19-11-6-3-7-12-19/h2-7,9-12,20H,8,13-16H2,1H3/t20-,22?/m0/s1. The Kier molecular flexibility index (Phi) is 4.49. The van der Waals surface area contributed by atoms with Crippen molar-refractivity contribution in [1.82, 2.24) is 4.90 Å².